The highest BCUT2D eigenvalue weighted by Crippen LogP contribution is 2.44. The molecule has 6 aromatic carbocycles. The SMILES string of the molecule is NOC(=O)c1cccc(-c2ccc3ccc4c5ccc6ccccc6c5ccc4c3c2O)c1O. The molecule has 0 aliphatic rings. The molecule has 6 aromatic rings. The molecule has 164 valence electrons. The number of phenolic OH excluding ortho intramolecular Hbond substituents is 2. The molecule has 0 heterocycles. The van der Waals surface area contributed by atoms with Gasteiger partial charge in [-0.25, -0.2) is 4.79 Å². The van der Waals surface area contributed by atoms with Crippen LogP contribution in [0.3, 0.4) is 0 Å². The normalized spacial score (nSPS) is 11.4. The summed E-state index contributed by atoms with van der Waals surface area (Å²) in [6.07, 6.45) is 0. The van der Waals surface area contributed by atoms with Crippen LogP contribution in [0.5, 0.6) is 11.5 Å². The molecule has 6 rings (SSSR count). The van der Waals surface area contributed by atoms with Crippen molar-refractivity contribution in [3.63, 3.8) is 0 Å². The maximum absolute atomic E-state index is 11.9. The Kier molecular flexibility index (Phi) is 4.40. The van der Waals surface area contributed by atoms with E-state index in [9.17, 15) is 15.0 Å². The molecule has 0 unspecified atom stereocenters. The molecule has 5 nitrogen and oxygen atoms in total. The van der Waals surface area contributed by atoms with Gasteiger partial charge in [0.25, 0.3) is 0 Å². The Hall–Kier alpha value is -4.61. The van der Waals surface area contributed by atoms with Crippen molar-refractivity contribution in [2.45, 2.75) is 0 Å². The predicted molar refractivity (Wildman–Crippen MR) is 135 cm³/mol. The summed E-state index contributed by atoms with van der Waals surface area (Å²) in [4.78, 5) is 16.2. The van der Waals surface area contributed by atoms with Gasteiger partial charge in [0.2, 0.25) is 0 Å². The first-order valence-electron chi connectivity index (χ1n) is 10.8. The third-order valence-corrected chi connectivity index (χ3v) is 6.53. The van der Waals surface area contributed by atoms with E-state index in [-0.39, 0.29) is 17.1 Å². The highest BCUT2D eigenvalue weighted by atomic mass is 16.7. The van der Waals surface area contributed by atoms with E-state index in [2.05, 4.69) is 41.2 Å². The van der Waals surface area contributed by atoms with E-state index in [1.54, 1.807) is 18.2 Å². The zero-order valence-electron chi connectivity index (χ0n) is 17.9. The monoisotopic (exact) mass is 445 g/mol. The Morgan fingerprint density at radius 2 is 1.21 bits per heavy atom. The topological polar surface area (TPSA) is 92.8 Å². The molecule has 0 spiro atoms. The Labute approximate surface area is 194 Å². The molecule has 0 bridgehead atoms. The first kappa shape index (κ1) is 20.0. The van der Waals surface area contributed by atoms with Crippen molar-refractivity contribution in [3.05, 3.63) is 96.6 Å². The molecule has 0 aliphatic heterocycles. The molecule has 0 aliphatic carbocycles. The molecular formula is C29H19NO4. The van der Waals surface area contributed by atoms with Crippen LogP contribution in [0.25, 0.3) is 54.2 Å². The van der Waals surface area contributed by atoms with Crippen LogP contribution in [0, 0.1) is 0 Å². The third kappa shape index (κ3) is 2.81. The van der Waals surface area contributed by atoms with Crippen LogP contribution in [0.1, 0.15) is 10.4 Å². The maximum Gasteiger partial charge on any atom is 0.360 e. The second-order valence-electron chi connectivity index (χ2n) is 8.27. The molecule has 0 radical (unpaired) electrons. The first-order valence-corrected chi connectivity index (χ1v) is 10.8. The standard InChI is InChI=1S/C29H19NO4/c30-34-29(33)25-7-3-6-23(27(25)31)24-13-10-17-9-12-21-20-11-8-16-4-1-2-5-18(16)19(20)14-15-22(21)26(17)28(24)32/h1-15,31-32H,30H2. The number of hydrogen-bond acceptors (Lipinski definition) is 5. The summed E-state index contributed by atoms with van der Waals surface area (Å²) in [5.74, 6) is 3.86. The molecule has 0 saturated heterocycles. The van der Waals surface area contributed by atoms with E-state index in [0.717, 1.165) is 26.9 Å². The van der Waals surface area contributed by atoms with Crippen molar-refractivity contribution in [1.82, 2.24) is 0 Å². The van der Waals surface area contributed by atoms with Crippen LogP contribution in [-0.2, 0) is 4.84 Å². The summed E-state index contributed by atoms with van der Waals surface area (Å²) in [5, 5.41) is 30.2. The molecule has 0 atom stereocenters. The van der Waals surface area contributed by atoms with Gasteiger partial charge in [0.05, 0.1) is 0 Å². The minimum absolute atomic E-state index is 0.0248. The lowest BCUT2D eigenvalue weighted by Gasteiger charge is -2.14. The largest absolute Gasteiger partial charge is 0.507 e. The van der Waals surface area contributed by atoms with Crippen molar-refractivity contribution >= 4 is 49.1 Å². The number of nitrogens with two attached hydrogens (primary N) is 1. The number of fused-ring (bicyclic) bond motifs is 7. The first-order chi connectivity index (χ1) is 16.6. The summed E-state index contributed by atoms with van der Waals surface area (Å²) in [7, 11) is 0. The van der Waals surface area contributed by atoms with E-state index in [1.165, 1.54) is 16.8 Å². The lowest BCUT2D eigenvalue weighted by Crippen LogP contribution is -2.10. The van der Waals surface area contributed by atoms with Gasteiger partial charge in [0.15, 0.2) is 0 Å². The predicted octanol–water partition coefficient (Wildman–Crippen LogP) is 6.41. The van der Waals surface area contributed by atoms with Gasteiger partial charge in [-0.15, -0.1) is 0 Å². The number of hydrogen-bond donors (Lipinski definition) is 3. The van der Waals surface area contributed by atoms with Crippen LogP contribution in [0.15, 0.2) is 91.0 Å². The van der Waals surface area contributed by atoms with Crippen molar-refractivity contribution in [3.8, 4) is 22.6 Å². The molecule has 0 aromatic heterocycles. The van der Waals surface area contributed by atoms with E-state index in [4.69, 9.17) is 5.90 Å². The van der Waals surface area contributed by atoms with Crippen molar-refractivity contribution in [1.29, 1.82) is 0 Å². The summed E-state index contributed by atoms with van der Waals surface area (Å²) in [6, 6.07) is 28.9. The summed E-state index contributed by atoms with van der Waals surface area (Å²) < 4.78 is 0. The Bertz CT molecular complexity index is 1790. The molecule has 0 saturated carbocycles. The summed E-state index contributed by atoms with van der Waals surface area (Å²) >= 11 is 0. The zero-order valence-corrected chi connectivity index (χ0v) is 17.9. The minimum atomic E-state index is -0.858. The van der Waals surface area contributed by atoms with Gasteiger partial charge in [-0.2, -0.15) is 5.90 Å². The van der Waals surface area contributed by atoms with Gasteiger partial charge in [-0.05, 0) is 49.8 Å². The number of para-hydroxylation sites is 1. The number of rotatable bonds is 2. The van der Waals surface area contributed by atoms with Crippen molar-refractivity contribution in [2.24, 2.45) is 5.90 Å². The summed E-state index contributed by atoms with van der Waals surface area (Å²) in [5.41, 5.74) is 0.643. The fraction of sp³-hybridized carbons (Fsp3) is 0. The average Bonchev–Trinajstić information content (AvgIpc) is 2.88. The van der Waals surface area contributed by atoms with E-state index in [1.807, 2.05) is 30.3 Å². The van der Waals surface area contributed by atoms with Crippen LogP contribution >= 0.6 is 0 Å². The molecular weight excluding hydrogens is 426 g/mol. The van der Waals surface area contributed by atoms with Crippen LogP contribution < -0.4 is 5.90 Å². The Balaban J connectivity index is 1.67. The van der Waals surface area contributed by atoms with Gasteiger partial charge >= 0.3 is 5.97 Å². The van der Waals surface area contributed by atoms with Gasteiger partial charge in [-0.3, -0.25) is 0 Å². The fourth-order valence-corrected chi connectivity index (χ4v) is 4.92. The minimum Gasteiger partial charge on any atom is -0.507 e. The van der Waals surface area contributed by atoms with Crippen LogP contribution in [0.2, 0.25) is 0 Å². The fourth-order valence-electron chi connectivity index (χ4n) is 4.92. The van der Waals surface area contributed by atoms with Crippen molar-refractivity contribution in [2.75, 3.05) is 0 Å². The van der Waals surface area contributed by atoms with Crippen molar-refractivity contribution < 1.29 is 19.8 Å². The van der Waals surface area contributed by atoms with E-state index in [0.29, 0.717) is 16.5 Å². The van der Waals surface area contributed by atoms with E-state index < -0.39 is 5.97 Å². The van der Waals surface area contributed by atoms with Gasteiger partial charge in [0.1, 0.15) is 17.1 Å². The van der Waals surface area contributed by atoms with Gasteiger partial charge in [0, 0.05) is 16.5 Å². The second-order valence-corrected chi connectivity index (χ2v) is 8.27. The molecule has 5 heteroatoms. The molecule has 0 fully saturated rings. The highest BCUT2D eigenvalue weighted by molar-refractivity contribution is 6.23. The maximum atomic E-state index is 11.9. The Morgan fingerprint density at radius 3 is 2.03 bits per heavy atom. The smallest absolute Gasteiger partial charge is 0.360 e. The number of aromatic hydroxyl groups is 2. The second kappa shape index (κ2) is 7.47. The lowest BCUT2D eigenvalue weighted by molar-refractivity contribution is 0.0500. The number of carbonyl (C=O) groups excluding carboxylic acids is 1. The van der Waals surface area contributed by atoms with Crippen LogP contribution in [-0.4, -0.2) is 16.2 Å². The van der Waals surface area contributed by atoms with Crippen LogP contribution in [0.4, 0.5) is 0 Å². The molecule has 4 N–H and O–H groups in total. The summed E-state index contributed by atoms with van der Waals surface area (Å²) in [6.45, 7) is 0. The highest BCUT2D eigenvalue weighted by Gasteiger charge is 2.20. The quantitative estimate of drug-likeness (QED) is 0.212. The van der Waals surface area contributed by atoms with Gasteiger partial charge < -0.3 is 15.1 Å². The molecule has 34 heavy (non-hydrogen) atoms. The Morgan fingerprint density at radius 1 is 0.588 bits per heavy atom. The number of phenols is 2. The van der Waals surface area contributed by atoms with Gasteiger partial charge in [-0.1, -0.05) is 78.9 Å². The molecule has 0 amide bonds. The average molecular weight is 445 g/mol. The van der Waals surface area contributed by atoms with E-state index >= 15 is 0 Å². The lowest BCUT2D eigenvalue weighted by atomic mass is 9.91. The third-order valence-electron chi connectivity index (χ3n) is 6.53. The number of benzene rings is 6. The zero-order chi connectivity index (χ0) is 23.4. The number of carbonyl (C=O) groups is 1.